The van der Waals surface area contributed by atoms with Crippen LogP contribution in [0.1, 0.15) is 29.8 Å². The fourth-order valence-electron chi connectivity index (χ4n) is 1.86. The van der Waals surface area contributed by atoms with E-state index >= 15 is 0 Å². The lowest BCUT2D eigenvalue weighted by Gasteiger charge is -2.25. The van der Waals surface area contributed by atoms with Crippen LogP contribution < -0.4 is 5.32 Å². The van der Waals surface area contributed by atoms with Crippen molar-refractivity contribution < 1.29 is 29.4 Å². The number of nitrogens with one attached hydrogen (secondary N) is 1. The zero-order chi connectivity index (χ0) is 16.2. The maximum atomic E-state index is 11.3. The Morgan fingerprint density at radius 1 is 1.00 bits per heavy atom. The zero-order valence-corrected chi connectivity index (χ0v) is 11.5. The maximum Gasteiger partial charge on any atom is 0.341 e. The van der Waals surface area contributed by atoms with Crippen molar-refractivity contribution in [2.24, 2.45) is 0 Å². The quantitative estimate of drug-likeness (QED) is 0.518. The van der Waals surface area contributed by atoms with Crippen molar-refractivity contribution in [3.63, 3.8) is 0 Å². The summed E-state index contributed by atoms with van der Waals surface area (Å²) in [5.74, 6) is -4.26. The largest absolute Gasteiger partial charge is 0.479 e. The van der Waals surface area contributed by atoms with E-state index in [1.807, 2.05) is 5.32 Å². The van der Waals surface area contributed by atoms with E-state index in [-0.39, 0.29) is 5.78 Å². The molecule has 0 aliphatic carbocycles. The minimum atomic E-state index is -2.44. The Hall–Kier alpha value is -2.70. The SMILES string of the molecule is CC(=O)NC(Cc1ccc(C(C)=O)cc1)(C(=O)O)C(=O)O. The number of rotatable bonds is 6. The second-order valence-electron chi connectivity index (χ2n) is 4.63. The van der Waals surface area contributed by atoms with Crippen LogP contribution in [-0.2, 0) is 20.8 Å². The number of hydrogen-bond donors (Lipinski definition) is 3. The molecule has 7 nitrogen and oxygen atoms in total. The van der Waals surface area contributed by atoms with Crippen LogP contribution in [0.15, 0.2) is 24.3 Å². The third-order valence-electron chi connectivity index (χ3n) is 2.95. The van der Waals surface area contributed by atoms with Crippen molar-refractivity contribution >= 4 is 23.6 Å². The van der Waals surface area contributed by atoms with Crippen molar-refractivity contribution in [3.8, 4) is 0 Å². The van der Waals surface area contributed by atoms with E-state index in [0.717, 1.165) is 6.92 Å². The van der Waals surface area contributed by atoms with Crippen molar-refractivity contribution in [2.45, 2.75) is 25.8 Å². The van der Waals surface area contributed by atoms with Crippen molar-refractivity contribution in [3.05, 3.63) is 35.4 Å². The predicted octanol–water partition coefficient (Wildman–Crippen LogP) is 0.476. The van der Waals surface area contributed by atoms with E-state index in [0.29, 0.717) is 11.1 Å². The third-order valence-corrected chi connectivity index (χ3v) is 2.95. The molecule has 0 heterocycles. The fraction of sp³-hybridized carbons (Fsp3) is 0.286. The zero-order valence-electron chi connectivity index (χ0n) is 11.5. The van der Waals surface area contributed by atoms with Gasteiger partial charge in [0.1, 0.15) is 0 Å². The van der Waals surface area contributed by atoms with Crippen molar-refractivity contribution in [2.75, 3.05) is 0 Å². The summed E-state index contributed by atoms with van der Waals surface area (Å²) in [5.41, 5.74) is -1.64. The highest BCUT2D eigenvalue weighted by Gasteiger charge is 2.47. The minimum Gasteiger partial charge on any atom is -0.479 e. The molecular weight excluding hydrogens is 278 g/mol. The molecule has 21 heavy (non-hydrogen) atoms. The normalized spacial score (nSPS) is 10.8. The van der Waals surface area contributed by atoms with E-state index < -0.39 is 29.8 Å². The van der Waals surface area contributed by atoms with Gasteiger partial charge in [-0.25, -0.2) is 9.59 Å². The highest BCUT2D eigenvalue weighted by atomic mass is 16.4. The molecule has 0 aromatic heterocycles. The first-order valence-electron chi connectivity index (χ1n) is 6.04. The topological polar surface area (TPSA) is 121 Å². The van der Waals surface area contributed by atoms with Crippen LogP contribution in [0.4, 0.5) is 0 Å². The smallest absolute Gasteiger partial charge is 0.341 e. The molecule has 7 heteroatoms. The lowest BCUT2D eigenvalue weighted by Crippen LogP contribution is -2.61. The first kappa shape index (κ1) is 16.4. The van der Waals surface area contributed by atoms with Crippen LogP contribution in [0.2, 0.25) is 0 Å². The number of carbonyl (C=O) groups is 4. The van der Waals surface area contributed by atoms with E-state index in [1.54, 1.807) is 0 Å². The third kappa shape index (κ3) is 3.65. The van der Waals surface area contributed by atoms with Gasteiger partial charge >= 0.3 is 11.9 Å². The Bertz CT molecular complexity index is 576. The Balaban J connectivity index is 3.16. The Morgan fingerprint density at radius 3 is 1.81 bits per heavy atom. The lowest BCUT2D eigenvalue weighted by atomic mass is 9.90. The summed E-state index contributed by atoms with van der Waals surface area (Å²) in [4.78, 5) is 44.9. The molecule has 0 radical (unpaired) electrons. The van der Waals surface area contributed by atoms with Gasteiger partial charge in [-0.15, -0.1) is 0 Å². The summed E-state index contributed by atoms with van der Waals surface area (Å²) < 4.78 is 0. The van der Waals surface area contributed by atoms with Gasteiger partial charge in [0.05, 0.1) is 0 Å². The highest BCUT2D eigenvalue weighted by molar-refractivity contribution is 6.06. The lowest BCUT2D eigenvalue weighted by molar-refractivity contribution is -0.161. The van der Waals surface area contributed by atoms with Gasteiger partial charge in [-0.3, -0.25) is 9.59 Å². The summed E-state index contributed by atoms with van der Waals surface area (Å²) in [6.07, 6.45) is -0.435. The summed E-state index contributed by atoms with van der Waals surface area (Å²) >= 11 is 0. The molecule has 112 valence electrons. The van der Waals surface area contributed by atoms with Gasteiger partial charge in [-0.05, 0) is 12.5 Å². The highest BCUT2D eigenvalue weighted by Crippen LogP contribution is 2.16. The van der Waals surface area contributed by atoms with Gasteiger partial charge in [0, 0.05) is 18.9 Å². The monoisotopic (exact) mass is 293 g/mol. The Labute approximate surface area is 120 Å². The Kier molecular flexibility index (Phi) is 4.80. The summed E-state index contributed by atoms with van der Waals surface area (Å²) in [7, 11) is 0. The molecule has 0 bridgehead atoms. The van der Waals surface area contributed by atoms with Crippen molar-refractivity contribution in [1.82, 2.24) is 5.32 Å². The molecular formula is C14H15NO6. The molecule has 0 aliphatic heterocycles. The molecule has 0 saturated carbocycles. The van der Waals surface area contributed by atoms with Gasteiger partial charge in [0.15, 0.2) is 5.78 Å². The van der Waals surface area contributed by atoms with Gasteiger partial charge in [-0.1, -0.05) is 24.3 Å². The van der Waals surface area contributed by atoms with E-state index in [1.165, 1.54) is 31.2 Å². The number of benzene rings is 1. The molecule has 1 aromatic carbocycles. The summed E-state index contributed by atoms with van der Waals surface area (Å²) in [5, 5.41) is 20.4. The maximum absolute atomic E-state index is 11.3. The van der Waals surface area contributed by atoms with Gasteiger partial charge in [0.25, 0.3) is 0 Å². The van der Waals surface area contributed by atoms with Crippen LogP contribution in [0.25, 0.3) is 0 Å². The Morgan fingerprint density at radius 2 is 1.48 bits per heavy atom. The molecule has 0 saturated heterocycles. The number of carbonyl (C=O) groups excluding carboxylic acids is 2. The van der Waals surface area contributed by atoms with E-state index in [9.17, 15) is 29.4 Å². The first-order chi connectivity index (χ1) is 9.69. The average Bonchev–Trinajstić information content (AvgIpc) is 2.37. The van der Waals surface area contributed by atoms with Crippen LogP contribution in [0.3, 0.4) is 0 Å². The first-order valence-corrected chi connectivity index (χ1v) is 6.04. The van der Waals surface area contributed by atoms with Gasteiger partial charge in [0.2, 0.25) is 11.4 Å². The second kappa shape index (κ2) is 6.17. The van der Waals surface area contributed by atoms with Crippen molar-refractivity contribution in [1.29, 1.82) is 0 Å². The molecule has 1 rings (SSSR count). The summed E-state index contributed by atoms with van der Waals surface area (Å²) in [6.45, 7) is 2.42. The number of hydrogen-bond acceptors (Lipinski definition) is 4. The molecule has 0 spiro atoms. The van der Waals surface area contributed by atoms with Crippen LogP contribution in [0.5, 0.6) is 0 Å². The molecule has 0 aliphatic rings. The number of aliphatic carboxylic acids is 2. The van der Waals surface area contributed by atoms with E-state index in [2.05, 4.69) is 0 Å². The fourth-order valence-corrected chi connectivity index (χ4v) is 1.86. The summed E-state index contributed by atoms with van der Waals surface area (Å²) in [6, 6.07) is 5.86. The number of ketones is 1. The standard InChI is InChI=1S/C14H15NO6/c1-8(16)11-5-3-10(4-6-11)7-14(12(18)19,13(20)21)15-9(2)17/h3-6H,7H2,1-2H3,(H,15,17)(H,18,19)(H,20,21). The number of carboxylic acid groups (broad SMARTS) is 2. The van der Waals surface area contributed by atoms with Crippen LogP contribution in [-0.4, -0.2) is 39.4 Å². The second-order valence-corrected chi connectivity index (χ2v) is 4.63. The van der Waals surface area contributed by atoms with Gasteiger partial charge < -0.3 is 15.5 Å². The van der Waals surface area contributed by atoms with Crippen LogP contribution >= 0.6 is 0 Å². The molecule has 0 unspecified atom stereocenters. The van der Waals surface area contributed by atoms with Crippen LogP contribution in [0, 0.1) is 0 Å². The van der Waals surface area contributed by atoms with E-state index in [4.69, 9.17) is 0 Å². The molecule has 3 N–H and O–H groups in total. The predicted molar refractivity (Wildman–Crippen MR) is 72.0 cm³/mol. The molecule has 0 fully saturated rings. The minimum absolute atomic E-state index is 0.161. The number of Topliss-reactive ketones (excluding diaryl/α,β-unsaturated/α-hetero) is 1. The average molecular weight is 293 g/mol. The number of carboxylic acids is 2. The molecule has 0 atom stereocenters. The van der Waals surface area contributed by atoms with Gasteiger partial charge in [-0.2, -0.15) is 0 Å². The molecule has 1 aromatic rings. The molecule has 1 amide bonds. The number of amides is 1.